The largest absolute Gasteiger partial charge is 0.480 e. The summed E-state index contributed by atoms with van der Waals surface area (Å²) in [7, 11) is 0. The molecule has 5 heteroatoms. The van der Waals surface area contributed by atoms with Crippen molar-refractivity contribution >= 4 is 11.9 Å². The Morgan fingerprint density at radius 3 is 2.41 bits per heavy atom. The molecule has 2 aliphatic rings. The second kappa shape index (κ2) is 7.44. The normalized spacial score (nSPS) is 35.3. The quantitative estimate of drug-likeness (QED) is 0.791. The second-order valence-corrected chi connectivity index (χ2v) is 6.97. The number of ether oxygens (including phenoxy) is 1. The molecule has 1 amide bonds. The highest BCUT2D eigenvalue weighted by Gasteiger charge is 2.42. The second-order valence-electron chi connectivity index (χ2n) is 6.97. The average molecular weight is 311 g/mol. The van der Waals surface area contributed by atoms with Crippen LogP contribution in [0.25, 0.3) is 0 Å². The number of carbonyl (C=O) groups excluding carboxylic acids is 1. The molecule has 0 aromatic heterocycles. The molecule has 1 saturated heterocycles. The summed E-state index contributed by atoms with van der Waals surface area (Å²) in [5.74, 6) is -0.445. The van der Waals surface area contributed by atoms with Crippen molar-refractivity contribution in [3.8, 4) is 0 Å². The molecule has 0 spiro atoms. The van der Waals surface area contributed by atoms with Crippen LogP contribution >= 0.6 is 0 Å². The first-order valence-electron chi connectivity index (χ1n) is 8.65. The minimum absolute atomic E-state index is 0.150. The van der Waals surface area contributed by atoms with Crippen LogP contribution in [-0.2, 0) is 14.3 Å². The third-order valence-electron chi connectivity index (χ3n) is 5.34. The van der Waals surface area contributed by atoms with E-state index in [9.17, 15) is 14.7 Å². The molecule has 5 nitrogen and oxygen atoms in total. The van der Waals surface area contributed by atoms with Crippen molar-refractivity contribution in [1.29, 1.82) is 0 Å². The lowest BCUT2D eigenvalue weighted by Gasteiger charge is -2.37. The molecule has 2 fully saturated rings. The van der Waals surface area contributed by atoms with Gasteiger partial charge in [-0.05, 0) is 57.8 Å². The van der Waals surface area contributed by atoms with Crippen molar-refractivity contribution in [1.82, 2.24) is 5.32 Å². The van der Waals surface area contributed by atoms with Gasteiger partial charge in [0.2, 0.25) is 5.91 Å². The SMILES string of the molecule is CCC1CCC(NC(=O)CCC2CCC(C)O2)(C(=O)O)CC1. The Morgan fingerprint density at radius 1 is 1.23 bits per heavy atom. The van der Waals surface area contributed by atoms with Gasteiger partial charge in [0.15, 0.2) is 0 Å². The number of amides is 1. The molecule has 1 aliphatic heterocycles. The van der Waals surface area contributed by atoms with E-state index >= 15 is 0 Å². The van der Waals surface area contributed by atoms with E-state index in [-0.39, 0.29) is 18.1 Å². The van der Waals surface area contributed by atoms with Gasteiger partial charge in [-0.2, -0.15) is 0 Å². The highest BCUT2D eigenvalue weighted by molar-refractivity contribution is 5.87. The van der Waals surface area contributed by atoms with Crippen molar-refractivity contribution in [2.45, 2.75) is 89.4 Å². The molecule has 1 heterocycles. The fourth-order valence-electron chi connectivity index (χ4n) is 3.69. The molecular weight excluding hydrogens is 282 g/mol. The summed E-state index contributed by atoms with van der Waals surface area (Å²) in [5.41, 5.74) is -1.05. The summed E-state index contributed by atoms with van der Waals surface area (Å²) >= 11 is 0. The van der Waals surface area contributed by atoms with Gasteiger partial charge in [-0.15, -0.1) is 0 Å². The van der Waals surface area contributed by atoms with Crippen LogP contribution in [0.5, 0.6) is 0 Å². The van der Waals surface area contributed by atoms with Crippen molar-refractivity contribution in [3.63, 3.8) is 0 Å². The zero-order chi connectivity index (χ0) is 16.2. The van der Waals surface area contributed by atoms with Crippen molar-refractivity contribution < 1.29 is 19.4 Å². The lowest BCUT2D eigenvalue weighted by molar-refractivity contribution is -0.149. The van der Waals surface area contributed by atoms with Gasteiger partial charge in [-0.25, -0.2) is 4.79 Å². The topological polar surface area (TPSA) is 75.6 Å². The minimum Gasteiger partial charge on any atom is -0.480 e. The molecule has 0 aromatic carbocycles. The fourth-order valence-corrected chi connectivity index (χ4v) is 3.69. The Morgan fingerprint density at radius 2 is 1.91 bits per heavy atom. The number of hydrogen-bond donors (Lipinski definition) is 2. The molecule has 1 saturated carbocycles. The molecule has 126 valence electrons. The summed E-state index contributed by atoms with van der Waals surface area (Å²) in [5, 5.41) is 12.4. The van der Waals surface area contributed by atoms with E-state index in [4.69, 9.17) is 4.74 Å². The van der Waals surface area contributed by atoms with Gasteiger partial charge in [0.1, 0.15) is 5.54 Å². The predicted octanol–water partition coefficient (Wildman–Crippen LogP) is 2.87. The van der Waals surface area contributed by atoms with Gasteiger partial charge < -0.3 is 15.2 Å². The van der Waals surface area contributed by atoms with Crippen LogP contribution in [0.15, 0.2) is 0 Å². The van der Waals surface area contributed by atoms with E-state index in [1.165, 1.54) is 0 Å². The molecule has 2 N–H and O–H groups in total. The summed E-state index contributed by atoms with van der Waals surface area (Å²) in [4.78, 5) is 23.9. The lowest BCUT2D eigenvalue weighted by atomic mass is 9.75. The summed E-state index contributed by atoms with van der Waals surface area (Å²) in [6.07, 6.45) is 7.44. The van der Waals surface area contributed by atoms with Crippen LogP contribution in [0.4, 0.5) is 0 Å². The number of carbonyl (C=O) groups is 2. The van der Waals surface area contributed by atoms with Crippen LogP contribution in [0.1, 0.15) is 71.6 Å². The van der Waals surface area contributed by atoms with E-state index in [0.29, 0.717) is 31.6 Å². The van der Waals surface area contributed by atoms with Gasteiger partial charge >= 0.3 is 5.97 Å². The molecule has 0 aromatic rings. The van der Waals surface area contributed by atoms with E-state index in [1.54, 1.807) is 0 Å². The number of hydrogen-bond acceptors (Lipinski definition) is 3. The number of carboxylic acids is 1. The van der Waals surface area contributed by atoms with Gasteiger partial charge in [0, 0.05) is 6.42 Å². The molecule has 22 heavy (non-hydrogen) atoms. The van der Waals surface area contributed by atoms with E-state index in [0.717, 1.165) is 32.1 Å². The number of carboxylic acid groups (broad SMARTS) is 1. The van der Waals surface area contributed by atoms with Crippen LogP contribution < -0.4 is 5.32 Å². The maximum atomic E-state index is 12.2. The lowest BCUT2D eigenvalue weighted by Crippen LogP contribution is -2.56. The van der Waals surface area contributed by atoms with Crippen molar-refractivity contribution in [3.05, 3.63) is 0 Å². The van der Waals surface area contributed by atoms with Gasteiger partial charge in [-0.3, -0.25) is 4.79 Å². The minimum atomic E-state index is -1.05. The maximum absolute atomic E-state index is 12.2. The molecule has 0 bridgehead atoms. The molecule has 2 unspecified atom stereocenters. The summed E-state index contributed by atoms with van der Waals surface area (Å²) in [6.45, 7) is 4.19. The monoisotopic (exact) mass is 311 g/mol. The first-order chi connectivity index (χ1) is 10.4. The Bertz CT molecular complexity index is 401. The molecule has 1 aliphatic carbocycles. The Labute approximate surface area is 132 Å². The predicted molar refractivity (Wildman–Crippen MR) is 83.6 cm³/mol. The van der Waals surface area contributed by atoms with E-state index in [1.807, 2.05) is 6.92 Å². The van der Waals surface area contributed by atoms with Crippen LogP contribution in [0, 0.1) is 5.92 Å². The molecular formula is C17H29NO4. The number of aliphatic carboxylic acids is 1. The third kappa shape index (κ3) is 4.22. The molecule has 2 atom stereocenters. The fraction of sp³-hybridized carbons (Fsp3) is 0.882. The Balaban J connectivity index is 1.83. The number of nitrogens with one attached hydrogen (secondary N) is 1. The van der Waals surface area contributed by atoms with Gasteiger partial charge in [0.25, 0.3) is 0 Å². The first-order valence-corrected chi connectivity index (χ1v) is 8.65. The highest BCUT2D eigenvalue weighted by Crippen LogP contribution is 2.34. The Kier molecular flexibility index (Phi) is 5.84. The van der Waals surface area contributed by atoms with E-state index in [2.05, 4.69) is 12.2 Å². The van der Waals surface area contributed by atoms with Crippen LogP contribution in [0.2, 0.25) is 0 Å². The van der Waals surface area contributed by atoms with E-state index < -0.39 is 11.5 Å². The zero-order valence-corrected chi connectivity index (χ0v) is 13.8. The molecule has 2 rings (SSSR count). The van der Waals surface area contributed by atoms with Gasteiger partial charge in [0.05, 0.1) is 12.2 Å². The summed E-state index contributed by atoms with van der Waals surface area (Å²) < 4.78 is 5.71. The standard InChI is InChI=1S/C17H29NO4/c1-3-13-8-10-17(11-9-13,16(20)21)18-15(19)7-6-14-5-4-12(2)22-14/h12-14H,3-11H2,1-2H3,(H,18,19)(H,20,21). The zero-order valence-electron chi connectivity index (χ0n) is 13.8. The highest BCUT2D eigenvalue weighted by atomic mass is 16.5. The van der Waals surface area contributed by atoms with Crippen LogP contribution in [0.3, 0.4) is 0 Å². The number of rotatable bonds is 6. The van der Waals surface area contributed by atoms with Gasteiger partial charge in [-0.1, -0.05) is 13.3 Å². The summed E-state index contributed by atoms with van der Waals surface area (Å²) in [6, 6.07) is 0. The smallest absolute Gasteiger partial charge is 0.329 e. The average Bonchev–Trinajstić information content (AvgIpc) is 2.91. The van der Waals surface area contributed by atoms with Crippen molar-refractivity contribution in [2.75, 3.05) is 0 Å². The molecule has 0 radical (unpaired) electrons. The van der Waals surface area contributed by atoms with Crippen molar-refractivity contribution in [2.24, 2.45) is 5.92 Å². The Hall–Kier alpha value is -1.10. The van der Waals surface area contributed by atoms with Crippen LogP contribution in [-0.4, -0.2) is 34.7 Å². The maximum Gasteiger partial charge on any atom is 0.329 e. The first kappa shape index (κ1) is 17.3. The third-order valence-corrected chi connectivity index (χ3v) is 5.34.